The zero-order valence-electron chi connectivity index (χ0n) is 11.0. The van der Waals surface area contributed by atoms with Gasteiger partial charge in [0.05, 0.1) is 0 Å². The minimum absolute atomic E-state index is 0.370. The summed E-state index contributed by atoms with van der Waals surface area (Å²) in [6.07, 6.45) is 5.52. The Hall–Kier alpha value is -1.32. The second kappa shape index (κ2) is 4.51. The molecule has 1 aliphatic rings. The van der Waals surface area contributed by atoms with Crippen LogP contribution in [0.4, 0.5) is 11.8 Å². The van der Waals surface area contributed by atoms with Crippen LogP contribution < -0.4 is 10.6 Å². The van der Waals surface area contributed by atoms with Gasteiger partial charge in [-0.3, -0.25) is 0 Å². The summed E-state index contributed by atoms with van der Waals surface area (Å²) in [6, 6.07) is 0. The van der Waals surface area contributed by atoms with E-state index >= 15 is 0 Å². The zero-order chi connectivity index (χ0) is 12.5. The van der Waals surface area contributed by atoms with Gasteiger partial charge >= 0.3 is 0 Å². The molecule has 0 radical (unpaired) electrons. The minimum atomic E-state index is 0.370. The summed E-state index contributed by atoms with van der Waals surface area (Å²) in [7, 11) is 0. The van der Waals surface area contributed by atoms with Gasteiger partial charge in [0.1, 0.15) is 5.82 Å². The Morgan fingerprint density at radius 2 is 2.06 bits per heavy atom. The molecule has 0 saturated carbocycles. The van der Waals surface area contributed by atoms with Crippen molar-refractivity contribution in [2.75, 3.05) is 23.7 Å². The van der Waals surface area contributed by atoms with Crippen LogP contribution in [0, 0.1) is 12.3 Å². The van der Waals surface area contributed by atoms with E-state index in [0.717, 1.165) is 24.5 Å². The summed E-state index contributed by atoms with van der Waals surface area (Å²) in [5.74, 6) is 1.38. The molecule has 4 nitrogen and oxygen atoms in total. The highest BCUT2D eigenvalue weighted by Crippen LogP contribution is 2.35. The highest BCUT2D eigenvalue weighted by Gasteiger charge is 2.29. The first-order valence-electron chi connectivity index (χ1n) is 6.38. The number of anilines is 2. The number of nitrogens with zero attached hydrogens (tertiary/aromatic N) is 3. The van der Waals surface area contributed by atoms with Gasteiger partial charge in [-0.2, -0.15) is 4.98 Å². The van der Waals surface area contributed by atoms with Crippen molar-refractivity contribution in [2.45, 2.75) is 40.0 Å². The first-order chi connectivity index (χ1) is 8.04. The van der Waals surface area contributed by atoms with Gasteiger partial charge in [0.2, 0.25) is 5.95 Å². The summed E-state index contributed by atoms with van der Waals surface area (Å²) < 4.78 is 0. The normalized spacial score (nSPS) is 19.4. The number of piperidine rings is 1. The predicted octanol–water partition coefficient (Wildman–Crippen LogP) is 2.38. The minimum Gasteiger partial charge on any atom is -0.368 e. The Morgan fingerprint density at radius 1 is 1.41 bits per heavy atom. The van der Waals surface area contributed by atoms with E-state index in [9.17, 15) is 0 Å². The van der Waals surface area contributed by atoms with Crippen LogP contribution in [0.25, 0.3) is 0 Å². The maximum atomic E-state index is 5.66. The maximum Gasteiger partial charge on any atom is 0.221 e. The van der Waals surface area contributed by atoms with Crippen LogP contribution in [-0.4, -0.2) is 23.1 Å². The van der Waals surface area contributed by atoms with Gasteiger partial charge in [-0.1, -0.05) is 20.3 Å². The monoisotopic (exact) mass is 234 g/mol. The third-order valence-corrected chi connectivity index (χ3v) is 4.09. The van der Waals surface area contributed by atoms with Crippen molar-refractivity contribution in [1.29, 1.82) is 0 Å². The molecule has 0 amide bonds. The summed E-state index contributed by atoms with van der Waals surface area (Å²) >= 11 is 0. The molecule has 0 spiro atoms. The standard InChI is InChI=1S/C13H22N4/c1-4-13(3)5-7-17(8-6-13)11-10(2)9-15-12(14)16-11/h9H,4-8H2,1-3H3,(H2,14,15,16). The number of aromatic nitrogens is 2. The average Bonchev–Trinajstić information content (AvgIpc) is 2.34. The van der Waals surface area contributed by atoms with Crippen LogP contribution >= 0.6 is 0 Å². The van der Waals surface area contributed by atoms with E-state index in [1.807, 2.05) is 13.1 Å². The summed E-state index contributed by atoms with van der Waals surface area (Å²) in [5, 5.41) is 0. The van der Waals surface area contributed by atoms with E-state index in [2.05, 4.69) is 28.7 Å². The van der Waals surface area contributed by atoms with Crippen molar-refractivity contribution < 1.29 is 0 Å². The molecule has 17 heavy (non-hydrogen) atoms. The molecule has 1 aliphatic heterocycles. The van der Waals surface area contributed by atoms with Gasteiger partial charge in [-0.15, -0.1) is 0 Å². The molecule has 1 aromatic rings. The van der Waals surface area contributed by atoms with Crippen molar-refractivity contribution in [3.05, 3.63) is 11.8 Å². The average molecular weight is 234 g/mol. The fraction of sp³-hybridized carbons (Fsp3) is 0.692. The van der Waals surface area contributed by atoms with Crippen LogP contribution in [0.5, 0.6) is 0 Å². The lowest BCUT2D eigenvalue weighted by atomic mass is 9.78. The Morgan fingerprint density at radius 3 is 2.65 bits per heavy atom. The Balaban J connectivity index is 2.13. The number of hydrogen-bond acceptors (Lipinski definition) is 4. The van der Waals surface area contributed by atoms with Crippen molar-refractivity contribution in [2.24, 2.45) is 5.41 Å². The van der Waals surface area contributed by atoms with Gasteiger partial charge in [0.25, 0.3) is 0 Å². The number of rotatable bonds is 2. The Kier molecular flexibility index (Phi) is 3.22. The Bertz CT molecular complexity index is 394. The SMILES string of the molecule is CCC1(C)CCN(c2nc(N)ncc2C)CC1. The number of nitrogens with two attached hydrogens (primary N) is 1. The smallest absolute Gasteiger partial charge is 0.221 e. The van der Waals surface area contributed by atoms with Crippen molar-refractivity contribution in [3.8, 4) is 0 Å². The lowest BCUT2D eigenvalue weighted by molar-refractivity contribution is 0.237. The van der Waals surface area contributed by atoms with E-state index in [0.29, 0.717) is 11.4 Å². The van der Waals surface area contributed by atoms with Gasteiger partial charge in [0.15, 0.2) is 0 Å². The summed E-state index contributed by atoms with van der Waals surface area (Å²) in [6.45, 7) is 8.85. The van der Waals surface area contributed by atoms with Crippen LogP contribution in [-0.2, 0) is 0 Å². The molecule has 4 heteroatoms. The van der Waals surface area contributed by atoms with Crippen LogP contribution in [0.1, 0.15) is 38.7 Å². The molecule has 1 fully saturated rings. The predicted molar refractivity (Wildman–Crippen MR) is 71.0 cm³/mol. The van der Waals surface area contributed by atoms with Crippen LogP contribution in [0.15, 0.2) is 6.20 Å². The quantitative estimate of drug-likeness (QED) is 0.853. The van der Waals surface area contributed by atoms with Gasteiger partial charge < -0.3 is 10.6 Å². The molecule has 0 unspecified atom stereocenters. The van der Waals surface area contributed by atoms with Crippen molar-refractivity contribution in [3.63, 3.8) is 0 Å². The molecular formula is C13H22N4. The van der Waals surface area contributed by atoms with Crippen molar-refractivity contribution in [1.82, 2.24) is 9.97 Å². The van der Waals surface area contributed by atoms with E-state index in [4.69, 9.17) is 5.73 Å². The maximum absolute atomic E-state index is 5.66. The van der Waals surface area contributed by atoms with E-state index in [-0.39, 0.29) is 0 Å². The number of aryl methyl sites for hydroxylation is 1. The van der Waals surface area contributed by atoms with Gasteiger partial charge in [-0.05, 0) is 25.2 Å². The molecule has 94 valence electrons. The highest BCUT2D eigenvalue weighted by atomic mass is 15.2. The topological polar surface area (TPSA) is 55.0 Å². The second-order valence-electron chi connectivity index (χ2n) is 5.39. The first kappa shape index (κ1) is 12.1. The van der Waals surface area contributed by atoms with Crippen LogP contribution in [0.2, 0.25) is 0 Å². The third-order valence-electron chi connectivity index (χ3n) is 4.09. The lowest BCUT2D eigenvalue weighted by Gasteiger charge is -2.39. The summed E-state index contributed by atoms with van der Waals surface area (Å²) in [4.78, 5) is 10.7. The summed E-state index contributed by atoms with van der Waals surface area (Å²) in [5.41, 5.74) is 7.28. The van der Waals surface area contributed by atoms with Gasteiger partial charge in [-0.25, -0.2) is 4.98 Å². The molecule has 0 aliphatic carbocycles. The fourth-order valence-electron chi connectivity index (χ4n) is 2.38. The molecule has 0 bridgehead atoms. The van der Waals surface area contributed by atoms with E-state index < -0.39 is 0 Å². The molecule has 2 rings (SSSR count). The molecular weight excluding hydrogens is 212 g/mol. The number of hydrogen-bond donors (Lipinski definition) is 1. The largest absolute Gasteiger partial charge is 0.368 e. The molecule has 0 aromatic carbocycles. The molecule has 0 atom stereocenters. The van der Waals surface area contributed by atoms with Gasteiger partial charge in [0, 0.05) is 24.8 Å². The van der Waals surface area contributed by atoms with E-state index in [1.54, 1.807) is 0 Å². The molecule has 2 heterocycles. The second-order valence-corrected chi connectivity index (χ2v) is 5.39. The lowest BCUT2D eigenvalue weighted by Crippen LogP contribution is -2.39. The van der Waals surface area contributed by atoms with Crippen LogP contribution in [0.3, 0.4) is 0 Å². The zero-order valence-corrected chi connectivity index (χ0v) is 11.0. The first-order valence-corrected chi connectivity index (χ1v) is 6.38. The highest BCUT2D eigenvalue weighted by molar-refractivity contribution is 5.48. The number of nitrogen functional groups attached to an aromatic ring is 1. The molecule has 1 saturated heterocycles. The van der Waals surface area contributed by atoms with E-state index in [1.165, 1.54) is 19.3 Å². The molecule has 2 N–H and O–H groups in total. The third kappa shape index (κ3) is 2.51. The fourth-order valence-corrected chi connectivity index (χ4v) is 2.38. The Labute approximate surface area is 103 Å². The molecule has 1 aromatic heterocycles. The van der Waals surface area contributed by atoms with Crippen molar-refractivity contribution >= 4 is 11.8 Å².